The van der Waals surface area contributed by atoms with Gasteiger partial charge in [-0.1, -0.05) is 18.2 Å². The van der Waals surface area contributed by atoms with Crippen molar-refractivity contribution in [2.24, 2.45) is 0 Å². The zero-order valence-corrected chi connectivity index (χ0v) is 21.8. The van der Waals surface area contributed by atoms with Crippen molar-refractivity contribution in [2.45, 2.75) is 70.7 Å². The number of amides is 2. The van der Waals surface area contributed by atoms with Gasteiger partial charge in [-0.2, -0.15) is 5.26 Å². The second-order valence-electron chi connectivity index (χ2n) is 10.7. The van der Waals surface area contributed by atoms with Crippen molar-refractivity contribution >= 4 is 28.9 Å². The van der Waals surface area contributed by atoms with Crippen molar-refractivity contribution < 1.29 is 24.2 Å². The fourth-order valence-corrected chi connectivity index (χ4v) is 4.73. The SMILES string of the molecule is CC(C)(C)OC(=O)N[C@H]1CC[C@H](NC(=O)c2cc3ccc(C#N)cc3n2Cc2ccc(C(=O)O)cc2)CC1. The molecule has 0 atom stereocenters. The summed E-state index contributed by atoms with van der Waals surface area (Å²) in [5.74, 6) is -1.22. The van der Waals surface area contributed by atoms with Crippen molar-refractivity contribution in [2.75, 3.05) is 0 Å². The third-order valence-electron chi connectivity index (χ3n) is 6.59. The Labute approximate surface area is 221 Å². The highest BCUT2D eigenvalue weighted by molar-refractivity contribution is 5.99. The molecule has 0 bridgehead atoms. The molecule has 0 saturated heterocycles. The molecule has 1 aliphatic carbocycles. The summed E-state index contributed by atoms with van der Waals surface area (Å²) in [5, 5.41) is 25.5. The van der Waals surface area contributed by atoms with Crippen LogP contribution in [0, 0.1) is 11.3 Å². The van der Waals surface area contributed by atoms with E-state index >= 15 is 0 Å². The van der Waals surface area contributed by atoms with Crippen LogP contribution >= 0.6 is 0 Å². The number of alkyl carbamates (subject to hydrolysis) is 1. The van der Waals surface area contributed by atoms with Crippen LogP contribution in [-0.2, 0) is 11.3 Å². The van der Waals surface area contributed by atoms with E-state index < -0.39 is 17.7 Å². The van der Waals surface area contributed by atoms with Crippen LogP contribution in [0.1, 0.15) is 78.4 Å². The minimum absolute atomic E-state index is 0.00243. The molecular formula is C29H32N4O5. The minimum atomic E-state index is -1.00. The maximum absolute atomic E-state index is 13.4. The van der Waals surface area contributed by atoms with Gasteiger partial charge in [0.05, 0.1) is 22.7 Å². The number of carbonyl (C=O) groups is 3. The number of fused-ring (bicyclic) bond motifs is 1. The molecule has 1 aliphatic rings. The van der Waals surface area contributed by atoms with E-state index in [0.717, 1.165) is 42.1 Å². The first-order chi connectivity index (χ1) is 18.0. The summed E-state index contributed by atoms with van der Waals surface area (Å²) in [6.07, 6.45) is 2.48. The molecule has 0 aliphatic heterocycles. The normalized spacial score (nSPS) is 17.4. The lowest BCUT2D eigenvalue weighted by atomic mass is 9.91. The first-order valence-corrected chi connectivity index (χ1v) is 12.7. The third kappa shape index (κ3) is 6.51. The van der Waals surface area contributed by atoms with Gasteiger partial charge >= 0.3 is 12.1 Å². The number of carboxylic acid groups (broad SMARTS) is 1. The predicted molar refractivity (Wildman–Crippen MR) is 142 cm³/mol. The van der Waals surface area contributed by atoms with Gasteiger partial charge in [0.2, 0.25) is 0 Å². The summed E-state index contributed by atoms with van der Waals surface area (Å²) in [6, 6.07) is 15.7. The van der Waals surface area contributed by atoms with Crippen molar-refractivity contribution in [3.8, 4) is 6.07 Å². The molecule has 198 valence electrons. The number of benzene rings is 2. The van der Waals surface area contributed by atoms with Crippen LogP contribution in [0.25, 0.3) is 10.9 Å². The number of ether oxygens (including phenoxy) is 1. The molecule has 2 amide bonds. The van der Waals surface area contributed by atoms with Crippen molar-refractivity contribution in [3.63, 3.8) is 0 Å². The van der Waals surface area contributed by atoms with E-state index in [-0.39, 0.29) is 23.6 Å². The lowest BCUT2D eigenvalue weighted by molar-refractivity contribution is 0.0487. The van der Waals surface area contributed by atoms with Crippen molar-refractivity contribution in [1.82, 2.24) is 15.2 Å². The molecule has 0 spiro atoms. The van der Waals surface area contributed by atoms with Gasteiger partial charge in [-0.3, -0.25) is 4.79 Å². The van der Waals surface area contributed by atoms with Crippen LogP contribution in [0.3, 0.4) is 0 Å². The Hall–Kier alpha value is -4.32. The Balaban J connectivity index is 1.48. The van der Waals surface area contributed by atoms with Crippen molar-refractivity contribution in [1.29, 1.82) is 5.26 Å². The summed E-state index contributed by atoms with van der Waals surface area (Å²) >= 11 is 0. The quantitative estimate of drug-likeness (QED) is 0.430. The molecule has 1 heterocycles. The molecule has 1 saturated carbocycles. The summed E-state index contributed by atoms with van der Waals surface area (Å²) in [6.45, 7) is 5.81. The van der Waals surface area contributed by atoms with E-state index in [1.807, 2.05) is 37.5 Å². The summed E-state index contributed by atoms with van der Waals surface area (Å²) in [4.78, 5) is 36.7. The Kier molecular flexibility index (Phi) is 7.72. The summed E-state index contributed by atoms with van der Waals surface area (Å²) < 4.78 is 7.20. The Bertz CT molecular complexity index is 1390. The average molecular weight is 517 g/mol. The van der Waals surface area contributed by atoms with Gasteiger partial charge in [0.1, 0.15) is 11.3 Å². The Morgan fingerprint density at radius 1 is 1.00 bits per heavy atom. The van der Waals surface area contributed by atoms with Crippen LogP contribution in [0.15, 0.2) is 48.5 Å². The van der Waals surface area contributed by atoms with E-state index in [0.29, 0.717) is 17.8 Å². The maximum Gasteiger partial charge on any atom is 0.407 e. The fourth-order valence-electron chi connectivity index (χ4n) is 4.73. The topological polar surface area (TPSA) is 133 Å². The summed E-state index contributed by atoms with van der Waals surface area (Å²) in [7, 11) is 0. The first kappa shape index (κ1) is 26.7. The maximum atomic E-state index is 13.4. The van der Waals surface area contributed by atoms with Crippen molar-refractivity contribution in [3.05, 3.63) is 70.9 Å². The molecule has 1 fully saturated rings. The van der Waals surface area contributed by atoms with E-state index in [1.165, 1.54) is 12.1 Å². The van der Waals surface area contributed by atoms with Crippen LogP contribution in [0.5, 0.6) is 0 Å². The monoisotopic (exact) mass is 516 g/mol. The van der Waals surface area contributed by atoms with Crippen LogP contribution in [0.4, 0.5) is 4.79 Å². The van der Waals surface area contributed by atoms with Gasteiger partial charge in [0.15, 0.2) is 0 Å². The van der Waals surface area contributed by atoms with Crippen LogP contribution in [-0.4, -0.2) is 45.3 Å². The zero-order valence-electron chi connectivity index (χ0n) is 21.8. The number of hydrogen-bond donors (Lipinski definition) is 3. The molecule has 0 unspecified atom stereocenters. The summed E-state index contributed by atoms with van der Waals surface area (Å²) in [5.41, 5.74) is 2.17. The highest BCUT2D eigenvalue weighted by atomic mass is 16.6. The molecular weight excluding hydrogens is 484 g/mol. The molecule has 4 rings (SSSR count). The number of aromatic nitrogens is 1. The van der Waals surface area contributed by atoms with E-state index in [1.54, 1.807) is 24.3 Å². The fraction of sp³-hybridized carbons (Fsp3) is 0.379. The number of carbonyl (C=O) groups excluding carboxylic acids is 2. The smallest absolute Gasteiger partial charge is 0.407 e. The van der Waals surface area contributed by atoms with Gasteiger partial charge < -0.3 is 25.0 Å². The molecule has 3 aromatic rings. The van der Waals surface area contributed by atoms with Gasteiger partial charge in [-0.15, -0.1) is 0 Å². The second kappa shape index (κ2) is 11.0. The Morgan fingerprint density at radius 3 is 2.21 bits per heavy atom. The molecule has 1 aromatic heterocycles. The lowest BCUT2D eigenvalue weighted by Gasteiger charge is -2.30. The van der Waals surface area contributed by atoms with E-state index in [4.69, 9.17) is 4.74 Å². The van der Waals surface area contributed by atoms with E-state index in [2.05, 4.69) is 16.7 Å². The number of rotatable bonds is 6. The molecule has 3 N–H and O–H groups in total. The number of nitrogens with zero attached hydrogens (tertiary/aromatic N) is 2. The number of hydrogen-bond acceptors (Lipinski definition) is 5. The third-order valence-corrected chi connectivity index (χ3v) is 6.59. The van der Waals surface area contributed by atoms with Crippen LogP contribution in [0.2, 0.25) is 0 Å². The first-order valence-electron chi connectivity index (χ1n) is 12.7. The highest BCUT2D eigenvalue weighted by Gasteiger charge is 2.27. The standard InChI is InChI=1S/C29H32N4O5/c1-29(2,3)38-28(37)32-23-12-10-22(11-13-23)31-26(34)25-15-21-9-6-19(16-30)14-24(21)33(25)17-18-4-7-20(8-5-18)27(35)36/h4-9,14-15,22-23H,10-13,17H2,1-3H3,(H,31,34)(H,32,37)(H,35,36)/t22-,23-. The van der Waals surface area contributed by atoms with Crippen LogP contribution < -0.4 is 10.6 Å². The molecule has 2 aromatic carbocycles. The highest BCUT2D eigenvalue weighted by Crippen LogP contribution is 2.25. The largest absolute Gasteiger partial charge is 0.478 e. The zero-order chi connectivity index (χ0) is 27.4. The molecule has 0 radical (unpaired) electrons. The van der Waals surface area contributed by atoms with Gasteiger partial charge in [-0.05, 0) is 82.3 Å². The molecule has 9 nitrogen and oxygen atoms in total. The number of nitriles is 1. The predicted octanol–water partition coefficient (Wildman–Crippen LogP) is 4.83. The van der Waals surface area contributed by atoms with Gasteiger partial charge in [-0.25, -0.2) is 9.59 Å². The number of nitrogens with one attached hydrogen (secondary N) is 2. The average Bonchev–Trinajstić information content (AvgIpc) is 3.22. The Morgan fingerprint density at radius 2 is 1.63 bits per heavy atom. The molecule has 38 heavy (non-hydrogen) atoms. The van der Waals surface area contributed by atoms with E-state index in [9.17, 15) is 24.8 Å². The minimum Gasteiger partial charge on any atom is -0.478 e. The lowest BCUT2D eigenvalue weighted by Crippen LogP contribution is -2.45. The second-order valence-corrected chi connectivity index (χ2v) is 10.7. The van der Waals surface area contributed by atoms with Gasteiger partial charge in [0, 0.05) is 24.0 Å². The number of carboxylic acids is 1. The van der Waals surface area contributed by atoms with Gasteiger partial charge in [0.25, 0.3) is 5.91 Å². The molecule has 9 heteroatoms. The number of aromatic carboxylic acids is 1.